The Morgan fingerprint density at radius 1 is 1.20 bits per heavy atom. The van der Waals surface area contributed by atoms with Crippen LogP contribution in [-0.2, 0) is 9.53 Å². The highest BCUT2D eigenvalue weighted by molar-refractivity contribution is 5.78. The molecule has 0 radical (unpaired) electrons. The van der Waals surface area contributed by atoms with Gasteiger partial charge < -0.3 is 14.5 Å². The third-order valence-corrected chi connectivity index (χ3v) is 5.63. The third kappa shape index (κ3) is 4.60. The Morgan fingerprint density at radius 3 is 2.63 bits per heavy atom. The minimum Gasteiger partial charge on any atom is -0.369 e. The number of carbonyl (C=O) groups is 1. The second-order valence-electron chi connectivity index (χ2n) is 8.05. The van der Waals surface area contributed by atoms with Gasteiger partial charge in [-0.1, -0.05) is 12.1 Å². The van der Waals surface area contributed by atoms with E-state index in [1.807, 2.05) is 23.9 Å². The molecule has 7 nitrogen and oxygen atoms in total. The van der Waals surface area contributed by atoms with Crippen LogP contribution in [0.3, 0.4) is 0 Å². The Balaban J connectivity index is 1.58. The van der Waals surface area contributed by atoms with E-state index in [4.69, 9.17) is 9.72 Å². The van der Waals surface area contributed by atoms with E-state index in [0.717, 1.165) is 42.8 Å². The van der Waals surface area contributed by atoms with E-state index in [1.165, 1.54) is 12.1 Å². The predicted molar refractivity (Wildman–Crippen MR) is 113 cm³/mol. The summed E-state index contributed by atoms with van der Waals surface area (Å²) in [6.45, 7) is 3.95. The zero-order valence-electron chi connectivity index (χ0n) is 17.6. The molecule has 2 aliphatic rings. The quantitative estimate of drug-likeness (QED) is 0.750. The van der Waals surface area contributed by atoms with Crippen molar-refractivity contribution in [1.82, 2.24) is 19.8 Å². The molecule has 0 spiro atoms. The van der Waals surface area contributed by atoms with Gasteiger partial charge in [-0.2, -0.15) is 0 Å². The highest BCUT2D eigenvalue weighted by Gasteiger charge is 2.29. The third-order valence-electron chi connectivity index (χ3n) is 5.63. The first-order valence-corrected chi connectivity index (χ1v) is 10.4. The van der Waals surface area contributed by atoms with Crippen molar-refractivity contribution in [3.05, 3.63) is 42.0 Å². The van der Waals surface area contributed by atoms with Gasteiger partial charge in [-0.25, -0.2) is 14.4 Å². The SMILES string of the molecule is CN(C)c1ncc(-c2ccc(F)cc2)c([C@@H]2CN(CC(=O)N3CCCC3)CCO2)n1. The van der Waals surface area contributed by atoms with Crippen LogP contribution in [0.15, 0.2) is 30.5 Å². The molecule has 3 heterocycles. The number of amides is 1. The smallest absolute Gasteiger partial charge is 0.236 e. The summed E-state index contributed by atoms with van der Waals surface area (Å²) in [4.78, 5) is 27.7. The number of hydrogen-bond donors (Lipinski definition) is 0. The molecule has 2 aliphatic heterocycles. The van der Waals surface area contributed by atoms with Crippen LogP contribution in [0, 0.1) is 5.82 Å². The van der Waals surface area contributed by atoms with Crippen LogP contribution >= 0.6 is 0 Å². The van der Waals surface area contributed by atoms with Crippen LogP contribution in [0.1, 0.15) is 24.6 Å². The highest BCUT2D eigenvalue weighted by atomic mass is 19.1. The molecule has 30 heavy (non-hydrogen) atoms. The fourth-order valence-electron chi connectivity index (χ4n) is 3.97. The topological polar surface area (TPSA) is 61.8 Å². The number of hydrogen-bond acceptors (Lipinski definition) is 6. The van der Waals surface area contributed by atoms with E-state index in [9.17, 15) is 9.18 Å². The summed E-state index contributed by atoms with van der Waals surface area (Å²) < 4.78 is 19.5. The van der Waals surface area contributed by atoms with Crippen molar-refractivity contribution in [3.63, 3.8) is 0 Å². The molecule has 1 amide bonds. The summed E-state index contributed by atoms with van der Waals surface area (Å²) in [5, 5.41) is 0. The molecule has 1 aromatic carbocycles. The molecular weight excluding hydrogens is 385 g/mol. The predicted octanol–water partition coefficient (Wildman–Crippen LogP) is 2.34. The number of carbonyl (C=O) groups excluding carboxylic acids is 1. The van der Waals surface area contributed by atoms with Crippen LogP contribution in [0.4, 0.5) is 10.3 Å². The van der Waals surface area contributed by atoms with E-state index in [2.05, 4.69) is 9.88 Å². The zero-order chi connectivity index (χ0) is 21.1. The molecule has 0 N–H and O–H groups in total. The molecule has 2 aromatic rings. The highest BCUT2D eigenvalue weighted by Crippen LogP contribution is 2.31. The van der Waals surface area contributed by atoms with Crippen LogP contribution in [-0.4, -0.2) is 79.1 Å². The maximum Gasteiger partial charge on any atom is 0.236 e. The van der Waals surface area contributed by atoms with E-state index < -0.39 is 0 Å². The number of morpholine rings is 1. The average molecular weight is 413 g/mol. The number of nitrogens with zero attached hydrogens (tertiary/aromatic N) is 5. The number of halogens is 1. The Bertz CT molecular complexity index is 884. The Morgan fingerprint density at radius 2 is 1.93 bits per heavy atom. The van der Waals surface area contributed by atoms with E-state index in [0.29, 0.717) is 32.2 Å². The van der Waals surface area contributed by atoms with Crippen molar-refractivity contribution in [2.24, 2.45) is 0 Å². The maximum absolute atomic E-state index is 13.4. The van der Waals surface area contributed by atoms with Gasteiger partial charge in [-0.3, -0.25) is 9.69 Å². The van der Waals surface area contributed by atoms with Crippen LogP contribution in [0.25, 0.3) is 11.1 Å². The minimum absolute atomic E-state index is 0.184. The lowest BCUT2D eigenvalue weighted by Crippen LogP contribution is -2.45. The molecular formula is C22H28FN5O2. The average Bonchev–Trinajstić information content (AvgIpc) is 3.29. The van der Waals surface area contributed by atoms with E-state index >= 15 is 0 Å². The van der Waals surface area contributed by atoms with Crippen molar-refractivity contribution in [2.75, 3.05) is 58.3 Å². The molecule has 1 atom stereocenters. The fourth-order valence-corrected chi connectivity index (χ4v) is 3.97. The van der Waals surface area contributed by atoms with Crippen molar-refractivity contribution < 1.29 is 13.9 Å². The van der Waals surface area contributed by atoms with Gasteiger partial charge in [0.25, 0.3) is 0 Å². The van der Waals surface area contributed by atoms with Gasteiger partial charge in [0.15, 0.2) is 0 Å². The maximum atomic E-state index is 13.4. The van der Waals surface area contributed by atoms with Crippen LogP contribution < -0.4 is 4.90 Å². The number of anilines is 1. The Labute approximate surface area is 176 Å². The van der Waals surface area contributed by atoms with Crippen molar-refractivity contribution in [1.29, 1.82) is 0 Å². The largest absolute Gasteiger partial charge is 0.369 e. The molecule has 0 aliphatic carbocycles. The minimum atomic E-state index is -0.286. The number of ether oxygens (including phenoxy) is 1. The summed E-state index contributed by atoms with van der Waals surface area (Å²) in [7, 11) is 3.78. The molecule has 2 fully saturated rings. The first-order chi connectivity index (χ1) is 14.5. The number of aromatic nitrogens is 2. The Kier molecular flexibility index (Phi) is 6.24. The molecule has 0 saturated carbocycles. The zero-order valence-corrected chi connectivity index (χ0v) is 17.6. The van der Waals surface area contributed by atoms with Gasteiger partial charge in [-0.15, -0.1) is 0 Å². The van der Waals surface area contributed by atoms with Crippen molar-refractivity contribution >= 4 is 11.9 Å². The number of rotatable bonds is 5. The summed E-state index contributed by atoms with van der Waals surface area (Å²) >= 11 is 0. The molecule has 1 aromatic heterocycles. The molecule has 4 rings (SSSR count). The molecule has 2 saturated heterocycles. The first-order valence-electron chi connectivity index (χ1n) is 10.4. The van der Waals surface area contributed by atoms with Crippen molar-refractivity contribution in [2.45, 2.75) is 18.9 Å². The van der Waals surface area contributed by atoms with E-state index in [1.54, 1.807) is 18.3 Å². The van der Waals surface area contributed by atoms with Gasteiger partial charge >= 0.3 is 0 Å². The molecule has 0 bridgehead atoms. The summed E-state index contributed by atoms with van der Waals surface area (Å²) in [6.07, 6.45) is 3.66. The van der Waals surface area contributed by atoms with Crippen molar-refractivity contribution in [3.8, 4) is 11.1 Å². The monoisotopic (exact) mass is 413 g/mol. The van der Waals surface area contributed by atoms with Gasteiger partial charge in [0.05, 0.1) is 18.8 Å². The summed E-state index contributed by atoms with van der Waals surface area (Å²) in [5.41, 5.74) is 2.42. The lowest BCUT2D eigenvalue weighted by atomic mass is 10.0. The van der Waals surface area contributed by atoms with Crippen LogP contribution in [0.5, 0.6) is 0 Å². The summed E-state index contributed by atoms with van der Waals surface area (Å²) in [6, 6.07) is 6.32. The van der Waals surface area contributed by atoms with Gasteiger partial charge in [0.1, 0.15) is 11.9 Å². The number of benzene rings is 1. The second-order valence-corrected chi connectivity index (χ2v) is 8.05. The van der Waals surface area contributed by atoms with Crippen LogP contribution in [0.2, 0.25) is 0 Å². The number of likely N-dealkylation sites (tertiary alicyclic amines) is 1. The van der Waals surface area contributed by atoms with Gasteiger partial charge in [0.2, 0.25) is 11.9 Å². The lowest BCUT2D eigenvalue weighted by Gasteiger charge is -2.34. The Hall–Kier alpha value is -2.58. The first kappa shape index (κ1) is 20.7. The summed E-state index contributed by atoms with van der Waals surface area (Å²) in [5.74, 6) is 0.486. The standard InChI is InChI=1S/C22H28FN5O2/c1-26(2)22-24-13-18(16-5-7-17(23)8-6-16)21(25-22)19-14-27(11-12-30-19)15-20(29)28-9-3-4-10-28/h5-8,13,19H,3-4,9-12,14-15H2,1-2H3/t19-/m0/s1. The van der Waals surface area contributed by atoms with Gasteiger partial charge in [-0.05, 0) is 30.5 Å². The second kappa shape index (κ2) is 9.06. The fraction of sp³-hybridized carbons (Fsp3) is 0.500. The molecule has 160 valence electrons. The van der Waals surface area contributed by atoms with E-state index in [-0.39, 0.29) is 17.8 Å². The normalized spacial score (nSPS) is 19.8. The lowest BCUT2D eigenvalue weighted by molar-refractivity contribution is -0.133. The molecule has 0 unspecified atom stereocenters. The van der Waals surface area contributed by atoms with Gasteiger partial charge in [0, 0.05) is 52.0 Å². The molecule has 8 heteroatoms.